The highest BCUT2D eigenvalue weighted by molar-refractivity contribution is 5.76. The summed E-state index contributed by atoms with van der Waals surface area (Å²) in [5.41, 5.74) is -3.23. The molecule has 7 heteroatoms. The molecule has 0 bridgehead atoms. The summed E-state index contributed by atoms with van der Waals surface area (Å²) in [5.74, 6) is -1.35. The van der Waals surface area contributed by atoms with Crippen molar-refractivity contribution in [1.29, 1.82) is 0 Å². The number of aryl methyl sites for hydroxylation is 1. The Labute approximate surface area is 89.7 Å². The van der Waals surface area contributed by atoms with Gasteiger partial charge in [-0.1, -0.05) is 0 Å². The van der Waals surface area contributed by atoms with Crippen molar-refractivity contribution in [3.8, 4) is 0 Å². The average Bonchev–Trinajstić information content (AvgIpc) is 2.48. The fourth-order valence-electron chi connectivity index (χ4n) is 1.43. The molecule has 0 aromatic carbocycles. The maximum absolute atomic E-state index is 12.8. The van der Waals surface area contributed by atoms with Gasteiger partial charge in [0.15, 0.2) is 5.82 Å². The van der Waals surface area contributed by atoms with Crippen molar-refractivity contribution in [2.24, 2.45) is 7.05 Å². The standard InChI is InChI=1S/C9H11F3N2O2/c1-6(15)5-8(16,9(10,11)12)7-13-3-4-14(7)2/h3-4,16H,5H2,1-2H3/t8-/m0/s1. The van der Waals surface area contributed by atoms with Gasteiger partial charge in [-0.15, -0.1) is 0 Å². The Hall–Kier alpha value is -1.37. The monoisotopic (exact) mass is 236 g/mol. The van der Waals surface area contributed by atoms with Crippen LogP contribution in [-0.2, 0) is 17.4 Å². The molecule has 1 heterocycles. The van der Waals surface area contributed by atoms with Crippen molar-refractivity contribution >= 4 is 5.78 Å². The van der Waals surface area contributed by atoms with Crippen molar-refractivity contribution in [2.45, 2.75) is 25.1 Å². The SMILES string of the molecule is CC(=O)C[C@](O)(c1nccn1C)C(F)(F)F. The smallest absolute Gasteiger partial charge is 0.374 e. The number of hydrogen-bond acceptors (Lipinski definition) is 3. The van der Waals surface area contributed by atoms with Crippen molar-refractivity contribution in [3.05, 3.63) is 18.2 Å². The van der Waals surface area contributed by atoms with Crippen LogP contribution < -0.4 is 0 Å². The van der Waals surface area contributed by atoms with Gasteiger partial charge < -0.3 is 9.67 Å². The molecule has 4 nitrogen and oxygen atoms in total. The zero-order chi connectivity index (χ0) is 12.6. The Kier molecular flexibility index (Phi) is 3.09. The number of Topliss-reactive ketones (excluding diaryl/α,β-unsaturated/α-hetero) is 1. The van der Waals surface area contributed by atoms with Gasteiger partial charge in [0, 0.05) is 19.4 Å². The lowest BCUT2D eigenvalue weighted by Crippen LogP contribution is -2.45. The normalized spacial score (nSPS) is 15.9. The van der Waals surface area contributed by atoms with Crippen molar-refractivity contribution in [2.75, 3.05) is 0 Å². The number of imidazole rings is 1. The van der Waals surface area contributed by atoms with E-state index in [4.69, 9.17) is 0 Å². The quantitative estimate of drug-likeness (QED) is 0.856. The number of hydrogen-bond donors (Lipinski definition) is 1. The molecule has 0 unspecified atom stereocenters. The highest BCUT2D eigenvalue weighted by atomic mass is 19.4. The summed E-state index contributed by atoms with van der Waals surface area (Å²) >= 11 is 0. The van der Waals surface area contributed by atoms with Gasteiger partial charge in [0.25, 0.3) is 0 Å². The predicted molar refractivity (Wildman–Crippen MR) is 48.5 cm³/mol. The number of carbonyl (C=O) groups excluding carboxylic acids is 1. The summed E-state index contributed by atoms with van der Waals surface area (Å²) in [4.78, 5) is 14.3. The molecule has 1 rings (SSSR count). The largest absolute Gasteiger partial charge is 0.424 e. The highest BCUT2D eigenvalue weighted by Crippen LogP contribution is 2.40. The van der Waals surface area contributed by atoms with E-state index < -0.39 is 29.8 Å². The van der Waals surface area contributed by atoms with Crippen LogP contribution in [0.25, 0.3) is 0 Å². The average molecular weight is 236 g/mol. The van der Waals surface area contributed by atoms with E-state index in [9.17, 15) is 23.1 Å². The molecule has 0 amide bonds. The summed E-state index contributed by atoms with van der Waals surface area (Å²) in [6.45, 7) is 0.986. The lowest BCUT2D eigenvalue weighted by atomic mass is 9.95. The van der Waals surface area contributed by atoms with Crippen molar-refractivity contribution in [1.82, 2.24) is 9.55 Å². The van der Waals surface area contributed by atoms with E-state index in [0.29, 0.717) is 0 Å². The molecule has 1 atom stereocenters. The second-order valence-electron chi connectivity index (χ2n) is 3.60. The van der Waals surface area contributed by atoms with Gasteiger partial charge in [-0.3, -0.25) is 4.79 Å². The Bertz CT molecular complexity index is 400. The van der Waals surface area contributed by atoms with Crippen LogP contribution in [0.3, 0.4) is 0 Å². The third kappa shape index (κ3) is 2.08. The summed E-state index contributed by atoms with van der Waals surface area (Å²) in [6.07, 6.45) is -3.59. The molecular formula is C9H11F3N2O2. The van der Waals surface area contributed by atoms with Crippen molar-refractivity contribution in [3.63, 3.8) is 0 Å². The first-order valence-electron chi connectivity index (χ1n) is 4.45. The minimum atomic E-state index is -4.95. The second-order valence-corrected chi connectivity index (χ2v) is 3.60. The maximum atomic E-state index is 12.8. The summed E-state index contributed by atoms with van der Waals surface area (Å²) < 4.78 is 39.3. The van der Waals surface area contributed by atoms with Crippen LogP contribution in [0.5, 0.6) is 0 Å². The number of aromatic nitrogens is 2. The Morgan fingerprint density at radius 1 is 1.56 bits per heavy atom. The van der Waals surface area contributed by atoms with Crippen LogP contribution >= 0.6 is 0 Å². The van der Waals surface area contributed by atoms with Gasteiger partial charge in [-0.05, 0) is 6.92 Å². The molecule has 0 spiro atoms. The summed E-state index contributed by atoms with van der Waals surface area (Å²) in [6, 6.07) is 0. The third-order valence-electron chi connectivity index (χ3n) is 2.16. The van der Waals surface area contributed by atoms with E-state index >= 15 is 0 Å². The fraction of sp³-hybridized carbons (Fsp3) is 0.556. The minimum absolute atomic E-state index is 0.588. The molecule has 0 aliphatic heterocycles. The lowest BCUT2D eigenvalue weighted by molar-refractivity contribution is -0.270. The van der Waals surface area contributed by atoms with E-state index in [-0.39, 0.29) is 0 Å². The first kappa shape index (κ1) is 12.7. The van der Waals surface area contributed by atoms with Crippen LogP contribution in [0.15, 0.2) is 12.4 Å². The van der Waals surface area contributed by atoms with Gasteiger partial charge in [-0.2, -0.15) is 13.2 Å². The van der Waals surface area contributed by atoms with E-state index in [2.05, 4.69) is 4.98 Å². The van der Waals surface area contributed by atoms with Crippen molar-refractivity contribution < 1.29 is 23.1 Å². The Morgan fingerprint density at radius 2 is 2.12 bits per heavy atom. The molecule has 0 radical (unpaired) electrons. The zero-order valence-electron chi connectivity index (χ0n) is 8.75. The van der Waals surface area contributed by atoms with Gasteiger partial charge >= 0.3 is 6.18 Å². The van der Waals surface area contributed by atoms with E-state index in [1.807, 2.05) is 0 Å². The first-order chi connectivity index (χ1) is 7.18. The number of halogens is 3. The maximum Gasteiger partial charge on any atom is 0.424 e. The molecule has 1 aromatic rings. The topological polar surface area (TPSA) is 55.1 Å². The molecule has 1 N–H and O–H groups in total. The van der Waals surface area contributed by atoms with Crippen LogP contribution in [0.4, 0.5) is 13.2 Å². The van der Waals surface area contributed by atoms with Crippen LogP contribution in [0.1, 0.15) is 19.2 Å². The van der Waals surface area contributed by atoms with E-state index in [1.54, 1.807) is 0 Å². The Morgan fingerprint density at radius 3 is 2.44 bits per heavy atom. The number of rotatable bonds is 3. The number of carbonyl (C=O) groups is 1. The van der Waals surface area contributed by atoms with Gasteiger partial charge in [-0.25, -0.2) is 4.98 Å². The predicted octanol–water partition coefficient (Wildman–Crippen LogP) is 1.15. The molecule has 1 aromatic heterocycles. The molecule has 90 valence electrons. The molecule has 16 heavy (non-hydrogen) atoms. The number of alkyl halides is 3. The number of aliphatic hydroxyl groups is 1. The molecular weight excluding hydrogens is 225 g/mol. The first-order valence-corrected chi connectivity index (χ1v) is 4.45. The fourth-order valence-corrected chi connectivity index (χ4v) is 1.43. The molecule has 0 fully saturated rings. The molecule has 0 saturated carbocycles. The van der Waals surface area contributed by atoms with E-state index in [1.165, 1.54) is 13.2 Å². The Balaban J connectivity index is 3.26. The van der Waals surface area contributed by atoms with Gasteiger partial charge in [0.2, 0.25) is 5.60 Å². The van der Waals surface area contributed by atoms with Gasteiger partial charge in [0.1, 0.15) is 5.78 Å². The van der Waals surface area contributed by atoms with Gasteiger partial charge in [0.05, 0.1) is 6.42 Å². The summed E-state index contributed by atoms with van der Waals surface area (Å²) in [5, 5.41) is 9.63. The number of nitrogens with zero attached hydrogens (tertiary/aromatic N) is 2. The molecule has 0 aliphatic carbocycles. The molecule has 0 aliphatic rings. The second kappa shape index (κ2) is 3.89. The summed E-state index contributed by atoms with van der Waals surface area (Å²) in [7, 11) is 1.32. The highest BCUT2D eigenvalue weighted by Gasteiger charge is 2.58. The minimum Gasteiger partial charge on any atom is -0.374 e. The lowest BCUT2D eigenvalue weighted by Gasteiger charge is -2.28. The van der Waals surface area contributed by atoms with Crippen LogP contribution in [0.2, 0.25) is 0 Å². The molecule has 0 saturated heterocycles. The number of ketones is 1. The third-order valence-corrected chi connectivity index (χ3v) is 2.16. The van der Waals surface area contributed by atoms with E-state index in [0.717, 1.165) is 17.7 Å². The van der Waals surface area contributed by atoms with Crippen LogP contribution in [-0.4, -0.2) is 26.6 Å². The zero-order valence-corrected chi connectivity index (χ0v) is 8.75. The van der Waals surface area contributed by atoms with Crippen LogP contribution in [0, 0.1) is 0 Å².